The lowest BCUT2D eigenvalue weighted by atomic mass is 10.1. The van der Waals surface area contributed by atoms with Crippen LogP contribution in [0.1, 0.15) is 30.5 Å². The molecule has 1 heterocycles. The molecule has 1 aliphatic heterocycles. The SMILES string of the molecule is C[C@H](N=C1NC(N)=NC(N)(CCc2cccc(Cl)c2)N1)c1ccccc1. The van der Waals surface area contributed by atoms with E-state index in [2.05, 4.69) is 20.6 Å². The highest BCUT2D eigenvalue weighted by Crippen LogP contribution is 2.19. The molecule has 1 aliphatic rings. The van der Waals surface area contributed by atoms with Crippen molar-refractivity contribution in [1.82, 2.24) is 10.6 Å². The smallest absolute Gasteiger partial charge is 0.201 e. The fraction of sp³-hybridized carbons (Fsp3) is 0.263. The Bertz CT molecular complexity index is 820. The topological polar surface area (TPSA) is 101 Å². The zero-order valence-corrected chi connectivity index (χ0v) is 15.4. The van der Waals surface area contributed by atoms with E-state index >= 15 is 0 Å². The maximum atomic E-state index is 6.41. The average molecular weight is 371 g/mol. The van der Waals surface area contributed by atoms with Gasteiger partial charge < -0.3 is 11.1 Å². The van der Waals surface area contributed by atoms with Gasteiger partial charge in [0.15, 0.2) is 11.7 Å². The van der Waals surface area contributed by atoms with Gasteiger partial charge in [-0.25, -0.2) is 9.98 Å². The highest BCUT2D eigenvalue weighted by atomic mass is 35.5. The van der Waals surface area contributed by atoms with E-state index in [-0.39, 0.29) is 12.0 Å². The van der Waals surface area contributed by atoms with Gasteiger partial charge in [-0.1, -0.05) is 54.1 Å². The van der Waals surface area contributed by atoms with Gasteiger partial charge in [-0.2, -0.15) is 0 Å². The largest absolute Gasteiger partial charge is 0.370 e. The van der Waals surface area contributed by atoms with Crippen LogP contribution >= 0.6 is 11.6 Å². The van der Waals surface area contributed by atoms with Crippen LogP contribution in [0.4, 0.5) is 0 Å². The Balaban J connectivity index is 1.72. The van der Waals surface area contributed by atoms with Gasteiger partial charge in [-0.15, -0.1) is 0 Å². The molecule has 6 nitrogen and oxygen atoms in total. The number of benzene rings is 2. The van der Waals surface area contributed by atoms with Crippen LogP contribution < -0.4 is 22.1 Å². The van der Waals surface area contributed by atoms with Crippen LogP contribution in [-0.2, 0) is 6.42 Å². The third-order valence-electron chi connectivity index (χ3n) is 4.19. The maximum Gasteiger partial charge on any atom is 0.201 e. The molecule has 2 aromatic rings. The first-order chi connectivity index (χ1) is 12.4. The normalized spacial score (nSPS) is 22.3. The van der Waals surface area contributed by atoms with Crippen molar-refractivity contribution in [2.24, 2.45) is 21.5 Å². The van der Waals surface area contributed by atoms with Gasteiger partial charge in [0.1, 0.15) is 0 Å². The fourth-order valence-corrected chi connectivity index (χ4v) is 3.05. The number of halogens is 1. The molecule has 2 aromatic carbocycles. The minimum Gasteiger partial charge on any atom is -0.370 e. The summed E-state index contributed by atoms with van der Waals surface area (Å²) in [5, 5.41) is 6.81. The van der Waals surface area contributed by atoms with Crippen LogP contribution in [0, 0.1) is 0 Å². The molecule has 0 spiro atoms. The average Bonchev–Trinajstić information content (AvgIpc) is 2.60. The van der Waals surface area contributed by atoms with Crippen molar-refractivity contribution >= 4 is 23.5 Å². The van der Waals surface area contributed by atoms with E-state index in [4.69, 9.17) is 23.1 Å². The summed E-state index contributed by atoms with van der Waals surface area (Å²) in [5.74, 6) is -0.258. The molecule has 0 radical (unpaired) electrons. The summed E-state index contributed by atoms with van der Waals surface area (Å²) in [4.78, 5) is 8.97. The van der Waals surface area contributed by atoms with Crippen LogP contribution in [0.5, 0.6) is 0 Å². The molecule has 6 N–H and O–H groups in total. The Morgan fingerprint density at radius 3 is 2.69 bits per heavy atom. The van der Waals surface area contributed by atoms with E-state index in [1.54, 1.807) is 0 Å². The maximum absolute atomic E-state index is 6.41. The van der Waals surface area contributed by atoms with E-state index in [0.29, 0.717) is 23.8 Å². The molecular formula is C19H23ClN6. The number of nitrogens with two attached hydrogens (primary N) is 2. The molecule has 26 heavy (non-hydrogen) atoms. The summed E-state index contributed by atoms with van der Waals surface area (Å²) in [6.07, 6.45) is 1.26. The van der Waals surface area contributed by atoms with Gasteiger partial charge in [-0.05, 0) is 36.6 Å². The summed E-state index contributed by atoms with van der Waals surface area (Å²) in [6, 6.07) is 17.7. The van der Waals surface area contributed by atoms with Crippen LogP contribution in [0.15, 0.2) is 64.6 Å². The zero-order chi connectivity index (χ0) is 18.6. The Labute approximate surface area is 158 Å². The quantitative estimate of drug-likeness (QED) is 0.649. The number of rotatable bonds is 5. The van der Waals surface area contributed by atoms with Crippen LogP contribution in [0.25, 0.3) is 0 Å². The fourth-order valence-electron chi connectivity index (χ4n) is 2.84. The molecule has 7 heteroatoms. The first kappa shape index (κ1) is 18.2. The summed E-state index contributed by atoms with van der Waals surface area (Å²) < 4.78 is 0. The monoisotopic (exact) mass is 370 g/mol. The van der Waals surface area contributed by atoms with E-state index in [1.165, 1.54) is 0 Å². The molecule has 3 rings (SSSR count). The molecular weight excluding hydrogens is 348 g/mol. The molecule has 0 saturated carbocycles. The van der Waals surface area contributed by atoms with Crippen molar-refractivity contribution in [2.75, 3.05) is 0 Å². The lowest BCUT2D eigenvalue weighted by Gasteiger charge is -2.33. The number of guanidine groups is 2. The standard InChI is InChI=1S/C19H23ClN6/c1-13(15-7-3-2-4-8-15)23-18-24-17(21)25-19(22,26-18)11-10-14-6-5-9-16(20)12-14/h2-9,12-13H,10-11,22H2,1H3,(H4,21,23,24,25,26)/t13-,19?/m0/s1. The van der Waals surface area contributed by atoms with Crippen LogP contribution in [0.3, 0.4) is 0 Å². The van der Waals surface area contributed by atoms with Crippen molar-refractivity contribution in [3.05, 3.63) is 70.7 Å². The Hall–Kier alpha value is -2.57. The van der Waals surface area contributed by atoms with Gasteiger partial charge in [-0.3, -0.25) is 11.1 Å². The first-order valence-corrected chi connectivity index (χ1v) is 8.88. The summed E-state index contributed by atoms with van der Waals surface area (Å²) in [6.45, 7) is 2.01. The zero-order valence-electron chi connectivity index (χ0n) is 14.6. The van der Waals surface area contributed by atoms with Gasteiger partial charge >= 0.3 is 0 Å². The highest BCUT2D eigenvalue weighted by molar-refractivity contribution is 6.30. The number of aliphatic imine (C=N–C) groups is 2. The number of aryl methyl sites for hydroxylation is 1. The lowest BCUT2D eigenvalue weighted by Crippen LogP contribution is -2.64. The van der Waals surface area contributed by atoms with E-state index in [1.807, 2.05) is 61.5 Å². The number of hydrogen-bond acceptors (Lipinski definition) is 4. The Kier molecular flexibility index (Phi) is 5.44. The van der Waals surface area contributed by atoms with Crippen molar-refractivity contribution < 1.29 is 0 Å². The van der Waals surface area contributed by atoms with E-state index in [0.717, 1.165) is 11.1 Å². The number of nitrogens with one attached hydrogen (secondary N) is 2. The number of nitrogens with zero attached hydrogens (tertiary/aromatic N) is 2. The molecule has 2 atom stereocenters. The minimum atomic E-state index is -1.02. The summed E-state index contributed by atoms with van der Waals surface area (Å²) >= 11 is 6.04. The molecule has 0 saturated heterocycles. The van der Waals surface area contributed by atoms with Crippen molar-refractivity contribution in [3.8, 4) is 0 Å². The molecule has 0 aromatic heterocycles. The molecule has 1 unspecified atom stereocenters. The molecule has 0 aliphatic carbocycles. The predicted octanol–water partition coefficient (Wildman–Crippen LogP) is 2.51. The first-order valence-electron chi connectivity index (χ1n) is 8.50. The second-order valence-corrected chi connectivity index (χ2v) is 6.80. The van der Waals surface area contributed by atoms with Gasteiger partial charge in [0.2, 0.25) is 5.96 Å². The molecule has 136 valence electrons. The van der Waals surface area contributed by atoms with Gasteiger partial charge in [0.25, 0.3) is 0 Å². The third-order valence-corrected chi connectivity index (χ3v) is 4.42. The van der Waals surface area contributed by atoms with E-state index < -0.39 is 5.79 Å². The number of hydrogen-bond donors (Lipinski definition) is 4. The van der Waals surface area contributed by atoms with Crippen molar-refractivity contribution in [1.29, 1.82) is 0 Å². The minimum absolute atomic E-state index is 0.0470. The van der Waals surface area contributed by atoms with Gasteiger partial charge in [0.05, 0.1) is 6.04 Å². The summed E-state index contributed by atoms with van der Waals surface area (Å²) in [7, 11) is 0. The van der Waals surface area contributed by atoms with Gasteiger partial charge in [0, 0.05) is 11.4 Å². The van der Waals surface area contributed by atoms with Crippen molar-refractivity contribution in [3.63, 3.8) is 0 Å². The second-order valence-electron chi connectivity index (χ2n) is 6.37. The third kappa shape index (κ3) is 4.74. The van der Waals surface area contributed by atoms with Crippen LogP contribution in [0.2, 0.25) is 5.02 Å². The molecule has 0 bridgehead atoms. The Morgan fingerprint density at radius 2 is 1.96 bits per heavy atom. The Morgan fingerprint density at radius 1 is 1.19 bits per heavy atom. The molecule has 0 amide bonds. The lowest BCUT2D eigenvalue weighted by molar-refractivity contribution is 0.369. The predicted molar refractivity (Wildman–Crippen MR) is 107 cm³/mol. The van der Waals surface area contributed by atoms with E-state index in [9.17, 15) is 0 Å². The van der Waals surface area contributed by atoms with Crippen LogP contribution in [-0.4, -0.2) is 17.7 Å². The molecule has 0 fully saturated rings. The van der Waals surface area contributed by atoms with Crippen molar-refractivity contribution in [2.45, 2.75) is 31.6 Å². The summed E-state index contributed by atoms with van der Waals surface area (Å²) in [5.41, 5.74) is 14.5. The second kappa shape index (κ2) is 7.76. The highest BCUT2D eigenvalue weighted by Gasteiger charge is 2.30.